The number of fused-ring (bicyclic) bond motifs is 2. The van der Waals surface area contributed by atoms with Gasteiger partial charge in [-0.1, -0.05) is 36.4 Å². The molecule has 2 N–H and O–H groups in total. The molecular formula is C20H29NO5S. The van der Waals surface area contributed by atoms with E-state index in [2.05, 4.69) is 24.4 Å². The number of ether oxygens (including phenoxy) is 2. The number of carbonyl (C=O) groups is 2. The third-order valence-electron chi connectivity index (χ3n) is 5.40. The molecule has 5 atom stereocenters. The molecule has 0 aliphatic carbocycles. The topological polar surface area (TPSA) is 84.9 Å². The minimum Gasteiger partial charge on any atom is -0.459 e. The first-order valence-corrected chi connectivity index (χ1v) is 10.7. The van der Waals surface area contributed by atoms with E-state index in [-0.39, 0.29) is 23.7 Å². The molecule has 150 valence electrons. The molecule has 0 aromatic carbocycles. The van der Waals surface area contributed by atoms with Gasteiger partial charge in [0.05, 0.1) is 12.1 Å². The molecule has 27 heavy (non-hydrogen) atoms. The Labute approximate surface area is 164 Å². The van der Waals surface area contributed by atoms with Crippen LogP contribution in [0.25, 0.3) is 0 Å². The van der Waals surface area contributed by atoms with Crippen molar-refractivity contribution < 1.29 is 24.2 Å². The smallest absolute Gasteiger partial charge is 0.330 e. The Morgan fingerprint density at radius 1 is 1.30 bits per heavy atom. The number of allylic oxidation sites excluding steroid dienone is 3. The van der Waals surface area contributed by atoms with Gasteiger partial charge in [-0.15, -0.1) is 0 Å². The van der Waals surface area contributed by atoms with E-state index < -0.39 is 17.9 Å². The minimum atomic E-state index is -1.51. The van der Waals surface area contributed by atoms with Crippen molar-refractivity contribution in [1.82, 2.24) is 5.32 Å². The molecule has 2 fully saturated rings. The summed E-state index contributed by atoms with van der Waals surface area (Å²) in [6.45, 7) is 4.10. The summed E-state index contributed by atoms with van der Waals surface area (Å²) in [6, 6.07) is -0.493. The SMILES string of the molecule is C/C1=C/C(=O)O[C@@H]2C[C@@H](CC[C@H](C)/C=C\CC1)O[C@@](O)(C1CSC(=O)N1)C2. The monoisotopic (exact) mass is 395 g/mol. The van der Waals surface area contributed by atoms with E-state index in [0.29, 0.717) is 18.1 Å². The van der Waals surface area contributed by atoms with Crippen LogP contribution in [-0.4, -0.2) is 46.1 Å². The van der Waals surface area contributed by atoms with Crippen molar-refractivity contribution in [3.8, 4) is 0 Å². The van der Waals surface area contributed by atoms with Gasteiger partial charge in [-0.25, -0.2) is 4.79 Å². The fourth-order valence-electron chi connectivity index (χ4n) is 3.86. The van der Waals surface area contributed by atoms with Gasteiger partial charge in [-0.3, -0.25) is 4.79 Å². The van der Waals surface area contributed by atoms with Crippen molar-refractivity contribution in [2.75, 3.05) is 5.75 Å². The molecule has 7 heteroatoms. The minimum absolute atomic E-state index is 0.160. The lowest BCUT2D eigenvalue weighted by atomic mass is 9.90. The summed E-state index contributed by atoms with van der Waals surface area (Å²) < 4.78 is 11.7. The number of thioether (sulfide) groups is 1. The Bertz CT molecular complexity index is 634. The summed E-state index contributed by atoms with van der Waals surface area (Å²) >= 11 is 1.14. The molecule has 3 aliphatic rings. The summed E-state index contributed by atoms with van der Waals surface area (Å²) in [5, 5.41) is 13.7. The maximum atomic E-state index is 12.3. The van der Waals surface area contributed by atoms with Gasteiger partial charge < -0.3 is 19.9 Å². The Hall–Kier alpha value is -1.31. The van der Waals surface area contributed by atoms with E-state index in [0.717, 1.165) is 43.0 Å². The van der Waals surface area contributed by atoms with Crippen LogP contribution in [0.4, 0.5) is 4.79 Å². The second kappa shape index (κ2) is 8.80. The van der Waals surface area contributed by atoms with Crippen LogP contribution in [0.15, 0.2) is 23.8 Å². The number of hydrogen-bond donors (Lipinski definition) is 2. The Balaban J connectivity index is 1.78. The molecule has 2 saturated heterocycles. The largest absolute Gasteiger partial charge is 0.459 e. The molecule has 0 aromatic heterocycles. The number of esters is 1. The number of carbonyl (C=O) groups excluding carboxylic acids is 2. The van der Waals surface area contributed by atoms with Gasteiger partial charge >= 0.3 is 5.97 Å². The van der Waals surface area contributed by atoms with Crippen molar-refractivity contribution in [2.24, 2.45) is 5.92 Å². The van der Waals surface area contributed by atoms with E-state index in [1.165, 1.54) is 0 Å². The summed E-state index contributed by atoms with van der Waals surface area (Å²) in [7, 11) is 0. The second-order valence-electron chi connectivity index (χ2n) is 7.89. The number of aliphatic hydroxyl groups is 1. The maximum absolute atomic E-state index is 12.3. The van der Waals surface area contributed by atoms with Crippen LogP contribution in [0.5, 0.6) is 0 Å². The number of rotatable bonds is 1. The normalized spacial score (nSPS) is 41.7. The van der Waals surface area contributed by atoms with Crippen molar-refractivity contribution in [1.29, 1.82) is 0 Å². The van der Waals surface area contributed by atoms with Crippen LogP contribution < -0.4 is 5.32 Å². The van der Waals surface area contributed by atoms with Crippen LogP contribution in [0.1, 0.15) is 52.4 Å². The highest BCUT2D eigenvalue weighted by Gasteiger charge is 2.49. The zero-order chi connectivity index (χ0) is 19.4. The lowest BCUT2D eigenvalue weighted by molar-refractivity contribution is -0.283. The van der Waals surface area contributed by atoms with Gasteiger partial charge in [-0.05, 0) is 38.5 Å². The van der Waals surface area contributed by atoms with E-state index in [4.69, 9.17) is 9.47 Å². The summed E-state index contributed by atoms with van der Waals surface area (Å²) in [4.78, 5) is 23.9. The van der Waals surface area contributed by atoms with Gasteiger partial charge in [0, 0.05) is 24.7 Å². The summed E-state index contributed by atoms with van der Waals surface area (Å²) in [5.74, 6) is -1.03. The Morgan fingerprint density at radius 2 is 2.11 bits per heavy atom. The number of amides is 1. The Morgan fingerprint density at radius 3 is 2.85 bits per heavy atom. The lowest BCUT2D eigenvalue weighted by Crippen LogP contribution is -2.58. The fourth-order valence-corrected chi connectivity index (χ4v) is 4.75. The highest BCUT2D eigenvalue weighted by atomic mass is 32.2. The summed E-state index contributed by atoms with van der Waals surface area (Å²) in [6.07, 6.45) is 9.42. The van der Waals surface area contributed by atoms with E-state index in [1.54, 1.807) is 6.08 Å². The Kier molecular flexibility index (Phi) is 6.65. The first-order chi connectivity index (χ1) is 12.8. The van der Waals surface area contributed by atoms with E-state index in [9.17, 15) is 14.7 Å². The van der Waals surface area contributed by atoms with Crippen molar-refractivity contribution in [3.05, 3.63) is 23.8 Å². The average Bonchev–Trinajstić information content (AvgIpc) is 3.03. The molecule has 1 amide bonds. The second-order valence-corrected chi connectivity index (χ2v) is 8.88. The predicted octanol–water partition coefficient (Wildman–Crippen LogP) is 3.30. The number of nitrogens with one attached hydrogen (secondary N) is 1. The van der Waals surface area contributed by atoms with Gasteiger partial charge in [0.15, 0.2) is 5.79 Å². The third-order valence-corrected chi connectivity index (χ3v) is 6.28. The molecule has 6 nitrogen and oxygen atoms in total. The van der Waals surface area contributed by atoms with Crippen molar-refractivity contribution in [3.63, 3.8) is 0 Å². The van der Waals surface area contributed by atoms with Gasteiger partial charge in [-0.2, -0.15) is 0 Å². The summed E-state index contributed by atoms with van der Waals surface area (Å²) in [5.41, 5.74) is 0.979. The van der Waals surface area contributed by atoms with Gasteiger partial charge in [0.25, 0.3) is 5.24 Å². The van der Waals surface area contributed by atoms with E-state index in [1.807, 2.05) is 6.92 Å². The highest BCUT2D eigenvalue weighted by Crippen LogP contribution is 2.37. The van der Waals surface area contributed by atoms with E-state index >= 15 is 0 Å². The highest BCUT2D eigenvalue weighted by molar-refractivity contribution is 8.14. The molecule has 0 spiro atoms. The van der Waals surface area contributed by atoms with Crippen LogP contribution in [-0.2, 0) is 14.3 Å². The molecular weight excluding hydrogens is 366 g/mol. The molecule has 3 heterocycles. The molecule has 0 aromatic rings. The first-order valence-electron chi connectivity index (χ1n) is 9.72. The van der Waals surface area contributed by atoms with Crippen molar-refractivity contribution >= 4 is 23.0 Å². The molecule has 0 saturated carbocycles. The zero-order valence-corrected chi connectivity index (χ0v) is 16.8. The molecule has 0 radical (unpaired) electrons. The van der Waals surface area contributed by atoms with Crippen LogP contribution in [0.2, 0.25) is 0 Å². The van der Waals surface area contributed by atoms with Crippen LogP contribution >= 0.6 is 11.8 Å². The maximum Gasteiger partial charge on any atom is 0.330 e. The molecule has 2 bridgehead atoms. The van der Waals surface area contributed by atoms with Crippen LogP contribution in [0, 0.1) is 5.92 Å². The fraction of sp³-hybridized carbons (Fsp3) is 0.700. The lowest BCUT2D eigenvalue weighted by Gasteiger charge is -2.43. The van der Waals surface area contributed by atoms with Gasteiger partial charge in [0.1, 0.15) is 6.10 Å². The number of hydrogen-bond acceptors (Lipinski definition) is 6. The first kappa shape index (κ1) is 20.4. The van der Waals surface area contributed by atoms with Crippen molar-refractivity contribution in [2.45, 2.75) is 76.4 Å². The standard InChI is InChI=1S/C20H29NO5S/c1-13-5-3-4-6-14(2)9-18(22)25-16-10-15(8-7-13)26-20(24,11-16)17-12-27-19(23)21-17/h3,5,9,13,15-17,24H,4,6-8,10-12H2,1-2H3,(H,21,23)/b5-3-,14-9-/t13-,15-,16-,17?,20-/m1/s1. The molecule has 3 rings (SSSR count). The van der Waals surface area contributed by atoms with Gasteiger partial charge in [0.2, 0.25) is 0 Å². The average molecular weight is 396 g/mol. The van der Waals surface area contributed by atoms with Crippen LogP contribution in [0.3, 0.4) is 0 Å². The molecule has 1 unspecified atom stereocenters. The third kappa shape index (κ3) is 5.59. The zero-order valence-electron chi connectivity index (χ0n) is 16.0. The predicted molar refractivity (Wildman–Crippen MR) is 104 cm³/mol. The quantitative estimate of drug-likeness (QED) is 0.523. The molecule has 3 aliphatic heterocycles.